The van der Waals surface area contributed by atoms with Gasteiger partial charge in [0.2, 0.25) is 0 Å². The number of guanidine groups is 1. The molecule has 26 heavy (non-hydrogen) atoms. The number of aromatic nitrogens is 1. The molecule has 0 fully saturated rings. The van der Waals surface area contributed by atoms with Gasteiger partial charge in [0.1, 0.15) is 17.9 Å². The third-order valence-corrected chi connectivity index (χ3v) is 3.81. The van der Waals surface area contributed by atoms with Gasteiger partial charge < -0.3 is 19.6 Å². The molecule has 2 N–H and O–H groups in total. The summed E-state index contributed by atoms with van der Waals surface area (Å²) in [6.45, 7) is 7.99. The Morgan fingerprint density at radius 3 is 2.65 bits per heavy atom. The molecule has 0 aliphatic heterocycles. The van der Waals surface area contributed by atoms with Gasteiger partial charge in [0.25, 0.3) is 0 Å². The fourth-order valence-electron chi connectivity index (χ4n) is 2.47. The van der Waals surface area contributed by atoms with E-state index in [1.54, 1.807) is 0 Å². The molecule has 0 saturated carbocycles. The summed E-state index contributed by atoms with van der Waals surface area (Å²) in [6, 6.07) is 12.0. The Morgan fingerprint density at radius 2 is 1.96 bits per heavy atom. The summed E-state index contributed by atoms with van der Waals surface area (Å²) in [5.74, 6) is 2.68. The molecule has 2 aromatic heterocycles. The van der Waals surface area contributed by atoms with Crippen LogP contribution in [-0.4, -0.2) is 17.7 Å². The zero-order chi connectivity index (χ0) is 17.6. The second-order valence-corrected chi connectivity index (χ2v) is 6.17. The van der Waals surface area contributed by atoms with Crippen molar-refractivity contribution in [3.8, 4) is 0 Å². The minimum atomic E-state index is 0. The molecule has 6 nitrogen and oxygen atoms in total. The van der Waals surface area contributed by atoms with Crippen LogP contribution in [0.15, 0.2) is 50.3 Å². The van der Waals surface area contributed by atoms with Crippen LogP contribution in [0.4, 0.5) is 0 Å². The molecule has 3 rings (SSSR count). The molecule has 0 bridgehead atoms. The lowest BCUT2D eigenvalue weighted by Gasteiger charge is -2.09. The predicted octanol–water partition coefficient (Wildman–Crippen LogP) is 4.42. The lowest BCUT2D eigenvalue weighted by molar-refractivity contribution is 0.376. The van der Waals surface area contributed by atoms with Crippen LogP contribution in [0, 0.1) is 0 Å². The Bertz CT molecular complexity index is 821. The minimum absolute atomic E-state index is 0. The number of hydrogen-bond acceptors (Lipinski definition) is 4. The molecule has 0 atom stereocenters. The maximum Gasteiger partial charge on any atom is 0.192 e. The fraction of sp³-hybridized carbons (Fsp3) is 0.368. The van der Waals surface area contributed by atoms with Gasteiger partial charge in [-0.05, 0) is 25.0 Å². The first-order chi connectivity index (χ1) is 12.2. The maximum absolute atomic E-state index is 5.82. The monoisotopic (exact) mass is 468 g/mol. The van der Waals surface area contributed by atoms with Gasteiger partial charge in [-0.3, -0.25) is 0 Å². The van der Waals surface area contributed by atoms with E-state index in [1.807, 2.05) is 43.3 Å². The minimum Gasteiger partial charge on any atom is -0.459 e. The summed E-state index contributed by atoms with van der Waals surface area (Å²) >= 11 is 0. The average molecular weight is 468 g/mol. The van der Waals surface area contributed by atoms with E-state index >= 15 is 0 Å². The molecule has 2 heterocycles. The van der Waals surface area contributed by atoms with Crippen molar-refractivity contribution in [2.45, 2.75) is 39.8 Å². The second-order valence-electron chi connectivity index (χ2n) is 6.17. The summed E-state index contributed by atoms with van der Waals surface area (Å²) in [5, 5.41) is 11.7. The van der Waals surface area contributed by atoms with E-state index in [-0.39, 0.29) is 24.0 Å². The smallest absolute Gasteiger partial charge is 0.192 e. The maximum atomic E-state index is 5.82. The van der Waals surface area contributed by atoms with Crippen LogP contribution in [0.3, 0.4) is 0 Å². The Kier molecular flexibility index (Phi) is 7.50. The molecule has 0 aliphatic carbocycles. The lowest BCUT2D eigenvalue weighted by atomic mass is 10.1. The summed E-state index contributed by atoms with van der Waals surface area (Å²) in [7, 11) is 0. The van der Waals surface area contributed by atoms with Crippen molar-refractivity contribution in [3.05, 3.63) is 53.6 Å². The summed E-state index contributed by atoms with van der Waals surface area (Å²) < 4.78 is 11.1. The summed E-state index contributed by atoms with van der Waals surface area (Å²) in [4.78, 5) is 4.54. The first kappa shape index (κ1) is 20.3. The SMILES string of the molecule is CCNC(=NCc1cc(C(C)C)no1)NCc1cc2ccccc2o1.I. The van der Waals surface area contributed by atoms with Crippen molar-refractivity contribution in [1.29, 1.82) is 0 Å². The molecule has 0 aliphatic rings. The average Bonchev–Trinajstić information content (AvgIpc) is 3.23. The van der Waals surface area contributed by atoms with E-state index in [0.717, 1.165) is 34.7 Å². The Hall–Kier alpha value is -2.03. The topological polar surface area (TPSA) is 75.6 Å². The molecule has 7 heteroatoms. The van der Waals surface area contributed by atoms with Crippen LogP contribution in [0.25, 0.3) is 11.0 Å². The standard InChI is InChI=1S/C19H24N4O2.HI/c1-4-20-19(22-12-16-10-17(13(2)3)23-25-16)21-11-15-9-14-7-5-6-8-18(14)24-15;/h5-10,13H,4,11-12H2,1-3H3,(H2,20,21,22);1H. The first-order valence-electron chi connectivity index (χ1n) is 8.61. The van der Waals surface area contributed by atoms with Crippen molar-refractivity contribution in [2.75, 3.05) is 6.54 Å². The molecule has 0 unspecified atom stereocenters. The van der Waals surface area contributed by atoms with E-state index in [4.69, 9.17) is 8.94 Å². The summed E-state index contributed by atoms with van der Waals surface area (Å²) in [6.07, 6.45) is 0. The Labute approximate surface area is 170 Å². The highest BCUT2D eigenvalue weighted by atomic mass is 127. The quantitative estimate of drug-likeness (QED) is 0.318. The van der Waals surface area contributed by atoms with Crippen LogP contribution >= 0.6 is 24.0 Å². The number of aliphatic imine (C=N–C) groups is 1. The molecule has 0 spiro atoms. The number of furan rings is 1. The molecular weight excluding hydrogens is 443 g/mol. The number of rotatable bonds is 6. The number of para-hydroxylation sites is 1. The molecule has 1 aromatic carbocycles. The zero-order valence-electron chi connectivity index (χ0n) is 15.3. The molecule has 0 saturated heterocycles. The number of nitrogens with zero attached hydrogens (tertiary/aromatic N) is 2. The van der Waals surface area contributed by atoms with Crippen molar-refractivity contribution < 1.29 is 8.94 Å². The molecule has 140 valence electrons. The second kappa shape index (κ2) is 9.61. The number of hydrogen-bond donors (Lipinski definition) is 2. The molecule has 3 aromatic rings. The van der Waals surface area contributed by atoms with Crippen LogP contribution in [0.2, 0.25) is 0 Å². The van der Waals surface area contributed by atoms with Crippen molar-refractivity contribution in [3.63, 3.8) is 0 Å². The Balaban J connectivity index is 0.00000243. The third kappa shape index (κ3) is 5.23. The van der Waals surface area contributed by atoms with Gasteiger partial charge >= 0.3 is 0 Å². The van der Waals surface area contributed by atoms with E-state index in [1.165, 1.54) is 0 Å². The largest absolute Gasteiger partial charge is 0.459 e. The predicted molar refractivity (Wildman–Crippen MR) is 114 cm³/mol. The van der Waals surface area contributed by atoms with Gasteiger partial charge in [-0.2, -0.15) is 0 Å². The Morgan fingerprint density at radius 1 is 1.15 bits per heavy atom. The van der Waals surface area contributed by atoms with Crippen LogP contribution in [-0.2, 0) is 13.1 Å². The van der Waals surface area contributed by atoms with Gasteiger partial charge in [0.05, 0.1) is 12.2 Å². The van der Waals surface area contributed by atoms with E-state index in [0.29, 0.717) is 25.0 Å². The molecular formula is C19H25IN4O2. The third-order valence-electron chi connectivity index (χ3n) is 3.81. The van der Waals surface area contributed by atoms with Crippen LogP contribution < -0.4 is 10.6 Å². The van der Waals surface area contributed by atoms with E-state index in [2.05, 4.69) is 34.6 Å². The molecule has 0 amide bonds. The first-order valence-corrected chi connectivity index (χ1v) is 8.61. The number of nitrogens with one attached hydrogen (secondary N) is 2. The lowest BCUT2D eigenvalue weighted by Crippen LogP contribution is -2.36. The normalized spacial score (nSPS) is 11.6. The van der Waals surface area contributed by atoms with Crippen molar-refractivity contribution >= 4 is 40.9 Å². The molecule has 0 radical (unpaired) electrons. The van der Waals surface area contributed by atoms with Gasteiger partial charge in [0.15, 0.2) is 11.7 Å². The van der Waals surface area contributed by atoms with Crippen molar-refractivity contribution in [1.82, 2.24) is 15.8 Å². The highest BCUT2D eigenvalue weighted by molar-refractivity contribution is 14.0. The van der Waals surface area contributed by atoms with E-state index in [9.17, 15) is 0 Å². The van der Waals surface area contributed by atoms with Gasteiger partial charge in [0, 0.05) is 18.0 Å². The number of halogens is 1. The highest BCUT2D eigenvalue weighted by Crippen LogP contribution is 2.18. The fourth-order valence-corrected chi connectivity index (χ4v) is 2.47. The number of benzene rings is 1. The summed E-state index contributed by atoms with van der Waals surface area (Å²) in [5.41, 5.74) is 1.84. The van der Waals surface area contributed by atoms with Gasteiger partial charge in [-0.25, -0.2) is 4.99 Å². The van der Waals surface area contributed by atoms with Crippen LogP contribution in [0.1, 0.15) is 43.9 Å². The van der Waals surface area contributed by atoms with Crippen LogP contribution in [0.5, 0.6) is 0 Å². The zero-order valence-corrected chi connectivity index (χ0v) is 17.6. The van der Waals surface area contributed by atoms with Gasteiger partial charge in [-0.15, -0.1) is 24.0 Å². The highest BCUT2D eigenvalue weighted by Gasteiger charge is 2.08. The van der Waals surface area contributed by atoms with Crippen molar-refractivity contribution in [2.24, 2.45) is 4.99 Å². The number of fused-ring (bicyclic) bond motifs is 1. The van der Waals surface area contributed by atoms with E-state index < -0.39 is 0 Å². The van der Waals surface area contributed by atoms with Gasteiger partial charge in [-0.1, -0.05) is 37.2 Å².